The van der Waals surface area contributed by atoms with E-state index in [0.29, 0.717) is 33.2 Å². The number of primary amides is 1. The van der Waals surface area contributed by atoms with Crippen molar-refractivity contribution in [2.45, 2.75) is 76.3 Å². The maximum atomic E-state index is 14.1. The molecule has 4 rings (SSSR count). The Morgan fingerprint density at radius 2 is 1.93 bits per heavy atom. The second kappa shape index (κ2) is 10.6. The van der Waals surface area contributed by atoms with Crippen LogP contribution in [0.25, 0.3) is 0 Å². The Morgan fingerprint density at radius 3 is 2.49 bits per heavy atom. The molecule has 1 atom stereocenters. The minimum Gasteiger partial charge on any atom is -0.486 e. The van der Waals surface area contributed by atoms with E-state index in [2.05, 4.69) is 15.2 Å². The highest BCUT2D eigenvalue weighted by Crippen LogP contribution is 2.51. The number of hydrogen-bond acceptors (Lipinski definition) is 8. The van der Waals surface area contributed by atoms with Crippen LogP contribution in [0.5, 0.6) is 11.6 Å². The highest BCUT2D eigenvalue weighted by Gasteiger charge is 2.52. The summed E-state index contributed by atoms with van der Waals surface area (Å²) < 4.78 is 86.3. The molecule has 2 amide bonds. The highest BCUT2D eigenvalue weighted by atomic mass is 32.2. The smallest absolute Gasteiger partial charge is 0.427 e. The number of carbonyl (C=O) groups is 2. The van der Waals surface area contributed by atoms with E-state index in [9.17, 15) is 31.2 Å². The molecule has 0 radical (unpaired) electrons. The van der Waals surface area contributed by atoms with Crippen LogP contribution >= 0.6 is 0 Å². The summed E-state index contributed by atoms with van der Waals surface area (Å²) in [5.41, 5.74) is 1.98. The van der Waals surface area contributed by atoms with Gasteiger partial charge in [-0.05, 0) is 58.7 Å². The Labute approximate surface area is 234 Å². The van der Waals surface area contributed by atoms with Crippen LogP contribution in [0.1, 0.15) is 47.0 Å². The molecule has 0 bridgehead atoms. The van der Waals surface area contributed by atoms with Crippen molar-refractivity contribution in [1.29, 1.82) is 0 Å². The molecule has 0 saturated heterocycles. The first-order valence-corrected chi connectivity index (χ1v) is 14.4. The lowest BCUT2D eigenvalue weighted by molar-refractivity contribution is -0.242. The van der Waals surface area contributed by atoms with E-state index in [1.54, 1.807) is 13.8 Å². The van der Waals surface area contributed by atoms with Gasteiger partial charge in [-0.15, -0.1) is 5.10 Å². The van der Waals surface area contributed by atoms with E-state index in [-0.39, 0.29) is 47.5 Å². The van der Waals surface area contributed by atoms with E-state index in [4.69, 9.17) is 15.2 Å². The number of carbonyl (C=O) groups excluding carboxylic acids is 2. The summed E-state index contributed by atoms with van der Waals surface area (Å²) in [6, 6.07) is 3.95. The van der Waals surface area contributed by atoms with Crippen molar-refractivity contribution in [3.63, 3.8) is 0 Å². The zero-order chi connectivity index (χ0) is 30.4. The standard InChI is InChI=1S/C25H32F3N5O7S/c1-5-32-14-19(20(31-32)38-6-2)41(36,37)33-13-16(12-24(9-10-24)21(29)34)39-18-8-7-15(11-17(18)33)30-22(35)40-23(3,4)25(26,27)28/h7-8,11,14,16H,5-6,9-10,12-13H2,1-4H3,(H2,29,34)(H,30,35)/t16-/m0/s1. The Hall–Kier alpha value is -3.69. The van der Waals surface area contributed by atoms with Crippen LogP contribution in [0.15, 0.2) is 29.3 Å². The molecular formula is C25H32F3N5O7S. The monoisotopic (exact) mass is 603 g/mol. The van der Waals surface area contributed by atoms with Crippen molar-refractivity contribution < 1.29 is 45.4 Å². The molecule has 2 aliphatic rings. The van der Waals surface area contributed by atoms with Crippen molar-refractivity contribution >= 4 is 33.4 Å². The van der Waals surface area contributed by atoms with Gasteiger partial charge < -0.3 is 19.9 Å². The fourth-order valence-electron chi connectivity index (χ4n) is 4.37. The van der Waals surface area contributed by atoms with Gasteiger partial charge in [-0.3, -0.25) is 19.1 Å². The summed E-state index contributed by atoms with van der Waals surface area (Å²) in [6.45, 7) is 5.15. The summed E-state index contributed by atoms with van der Waals surface area (Å²) in [5.74, 6) is -0.494. The van der Waals surface area contributed by atoms with Crippen molar-refractivity contribution in [2.75, 3.05) is 22.8 Å². The minimum atomic E-state index is -4.82. The van der Waals surface area contributed by atoms with Gasteiger partial charge in [-0.1, -0.05) is 0 Å². The first-order valence-electron chi connectivity index (χ1n) is 12.9. The van der Waals surface area contributed by atoms with Crippen molar-refractivity contribution in [3.8, 4) is 11.6 Å². The minimum absolute atomic E-state index is 0.00440. The second-order valence-electron chi connectivity index (χ2n) is 10.4. The lowest BCUT2D eigenvalue weighted by Gasteiger charge is -2.36. The molecule has 1 fully saturated rings. The van der Waals surface area contributed by atoms with Crippen molar-refractivity contribution in [3.05, 3.63) is 24.4 Å². The molecule has 0 spiro atoms. The highest BCUT2D eigenvalue weighted by molar-refractivity contribution is 7.93. The third-order valence-corrected chi connectivity index (χ3v) is 8.79. The van der Waals surface area contributed by atoms with Crippen LogP contribution in [0, 0.1) is 5.41 Å². The van der Waals surface area contributed by atoms with Gasteiger partial charge in [-0.25, -0.2) is 13.2 Å². The maximum absolute atomic E-state index is 14.1. The number of nitrogens with one attached hydrogen (secondary N) is 1. The topological polar surface area (TPSA) is 155 Å². The van der Waals surface area contributed by atoms with Gasteiger partial charge in [0, 0.05) is 24.8 Å². The largest absolute Gasteiger partial charge is 0.486 e. The number of aryl methyl sites for hydroxylation is 1. The van der Waals surface area contributed by atoms with Gasteiger partial charge in [0.05, 0.1) is 24.3 Å². The van der Waals surface area contributed by atoms with Crippen LogP contribution in [0.4, 0.5) is 29.3 Å². The summed E-state index contributed by atoms with van der Waals surface area (Å²) >= 11 is 0. The average Bonchev–Trinajstić information content (AvgIpc) is 3.53. The van der Waals surface area contributed by atoms with Gasteiger partial charge in [0.2, 0.25) is 11.5 Å². The van der Waals surface area contributed by atoms with Gasteiger partial charge in [0.15, 0.2) is 4.90 Å². The van der Waals surface area contributed by atoms with E-state index in [0.717, 1.165) is 4.31 Å². The van der Waals surface area contributed by atoms with E-state index < -0.39 is 45.3 Å². The lowest BCUT2D eigenvalue weighted by Crippen LogP contribution is -2.45. The lowest BCUT2D eigenvalue weighted by atomic mass is 9.97. The number of rotatable bonds is 10. The molecule has 0 unspecified atom stereocenters. The predicted octanol–water partition coefficient (Wildman–Crippen LogP) is 3.80. The predicted molar refractivity (Wildman–Crippen MR) is 140 cm³/mol. The number of amides is 2. The number of ether oxygens (including phenoxy) is 3. The molecule has 1 aromatic heterocycles. The fourth-order valence-corrected chi connectivity index (χ4v) is 5.95. The Bertz CT molecular complexity index is 1440. The van der Waals surface area contributed by atoms with Gasteiger partial charge in [-0.2, -0.15) is 13.2 Å². The van der Waals surface area contributed by atoms with Crippen LogP contribution in [0.3, 0.4) is 0 Å². The zero-order valence-electron chi connectivity index (χ0n) is 22.9. The molecule has 1 aromatic carbocycles. The molecule has 16 heteroatoms. The molecule has 12 nitrogen and oxygen atoms in total. The first-order chi connectivity index (χ1) is 19.0. The first kappa shape index (κ1) is 30.3. The van der Waals surface area contributed by atoms with Crippen LogP contribution in [-0.4, -0.2) is 61.2 Å². The molecule has 41 heavy (non-hydrogen) atoms. The summed E-state index contributed by atoms with van der Waals surface area (Å²) in [7, 11) is -4.36. The maximum Gasteiger partial charge on any atom is 0.427 e. The molecule has 1 aliphatic heterocycles. The third kappa shape index (κ3) is 6.01. The molecule has 2 aromatic rings. The average molecular weight is 604 g/mol. The normalized spacial score (nSPS) is 18.2. The molecule has 1 saturated carbocycles. The van der Waals surface area contributed by atoms with E-state index in [1.165, 1.54) is 29.1 Å². The zero-order valence-corrected chi connectivity index (χ0v) is 23.8. The number of anilines is 2. The van der Waals surface area contributed by atoms with Gasteiger partial charge in [0.25, 0.3) is 15.9 Å². The molecule has 2 heterocycles. The molecule has 226 valence electrons. The Balaban J connectivity index is 1.71. The number of hydrogen-bond donors (Lipinski definition) is 2. The summed E-state index contributed by atoms with van der Waals surface area (Å²) in [6.07, 6.45) is -4.35. The number of fused-ring (bicyclic) bond motifs is 1. The quantitative estimate of drug-likeness (QED) is 0.416. The van der Waals surface area contributed by atoms with E-state index >= 15 is 0 Å². The number of alkyl halides is 3. The van der Waals surface area contributed by atoms with Gasteiger partial charge >= 0.3 is 12.3 Å². The number of sulfonamides is 1. The summed E-state index contributed by atoms with van der Waals surface area (Å²) in [4.78, 5) is 24.1. The number of nitrogens with zero attached hydrogens (tertiary/aromatic N) is 3. The van der Waals surface area contributed by atoms with Crippen molar-refractivity contribution in [1.82, 2.24) is 9.78 Å². The fraction of sp³-hybridized carbons (Fsp3) is 0.560. The molecule has 3 N–H and O–H groups in total. The van der Waals surface area contributed by atoms with Crippen molar-refractivity contribution in [2.24, 2.45) is 11.1 Å². The molecule has 1 aliphatic carbocycles. The second-order valence-corrected chi connectivity index (χ2v) is 12.2. The van der Waals surface area contributed by atoms with Crippen LogP contribution < -0.4 is 24.8 Å². The number of halogens is 3. The third-order valence-electron chi connectivity index (χ3n) is 7.03. The SMILES string of the molecule is CCOc1nn(CC)cc1S(=O)(=O)N1C[C@H](CC2(C(N)=O)CC2)Oc2ccc(NC(=O)OC(C)(C)C(F)(F)F)cc21. The Kier molecular flexibility index (Phi) is 7.84. The van der Waals surface area contributed by atoms with Crippen LogP contribution in [-0.2, 0) is 26.1 Å². The number of benzene rings is 1. The Morgan fingerprint density at radius 1 is 1.24 bits per heavy atom. The van der Waals surface area contributed by atoms with Gasteiger partial charge in [0.1, 0.15) is 11.9 Å². The summed E-state index contributed by atoms with van der Waals surface area (Å²) in [5, 5.41) is 6.40. The van der Waals surface area contributed by atoms with E-state index in [1.807, 2.05) is 0 Å². The molecular weight excluding hydrogens is 571 g/mol. The van der Waals surface area contributed by atoms with Crippen LogP contribution in [0.2, 0.25) is 0 Å². The number of aromatic nitrogens is 2. The number of nitrogens with two attached hydrogens (primary N) is 1.